The van der Waals surface area contributed by atoms with Gasteiger partial charge in [-0.15, -0.1) is 0 Å². The summed E-state index contributed by atoms with van der Waals surface area (Å²) in [5, 5.41) is 5.99. The molecule has 2 aliphatic rings. The number of ether oxygens (including phenoxy) is 1. The van der Waals surface area contributed by atoms with Crippen LogP contribution in [0.4, 0.5) is 10.5 Å². The Hall–Kier alpha value is -1.71. The smallest absolute Gasteiger partial charge is 0.319 e. The maximum atomic E-state index is 12.2. The molecule has 1 aromatic rings. The molecule has 0 radical (unpaired) electrons. The van der Waals surface area contributed by atoms with Gasteiger partial charge in [0.2, 0.25) is 0 Å². The second-order valence-electron chi connectivity index (χ2n) is 6.43. The van der Waals surface area contributed by atoms with Crippen molar-refractivity contribution in [2.45, 2.75) is 38.6 Å². The third-order valence-corrected chi connectivity index (χ3v) is 5.15. The lowest BCUT2D eigenvalue weighted by atomic mass is 9.84. The predicted octanol–water partition coefficient (Wildman–Crippen LogP) is 3.64. The van der Waals surface area contributed by atoms with Crippen LogP contribution in [0.5, 0.6) is 5.75 Å². The van der Waals surface area contributed by atoms with Crippen molar-refractivity contribution in [3.05, 3.63) is 24.3 Å². The number of nitrogens with one attached hydrogen (secondary N) is 2. The second-order valence-corrected chi connectivity index (χ2v) is 6.43. The summed E-state index contributed by atoms with van der Waals surface area (Å²) in [4.78, 5) is 12.2. The fourth-order valence-electron chi connectivity index (χ4n) is 4.13. The number of urea groups is 1. The first kappa shape index (κ1) is 14.2. The molecule has 0 spiro atoms. The van der Waals surface area contributed by atoms with E-state index in [0.717, 1.165) is 11.8 Å². The largest absolute Gasteiger partial charge is 0.495 e. The Bertz CT molecular complexity index is 517. The minimum atomic E-state index is -0.144. The number of fused-ring (bicyclic) bond motifs is 2. The van der Waals surface area contributed by atoms with Crippen molar-refractivity contribution in [1.29, 1.82) is 0 Å². The van der Waals surface area contributed by atoms with Crippen LogP contribution in [0.3, 0.4) is 0 Å². The summed E-state index contributed by atoms with van der Waals surface area (Å²) >= 11 is 0. The zero-order valence-corrected chi connectivity index (χ0v) is 12.8. The fraction of sp³-hybridized carbons (Fsp3) is 0.588. The van der Waals surface area contributed by atoms with Crippen molar-refractivity contribution < 1.29 is 9.53 Å². The molecule has 21 heavy (non-hydrogen) atoms. The first-order chi connectivity index (χ1) is 10.2. The average molecular weight is 288 g/mol. The van der Waals surface area contributed by atoms with Gasteiger partial charge in [0.25, 0.3) is 0 Å². The van der Waals surface area contributed by atoms with Gasteiger partial charge >= 0.3 is 6.03 Å². The van der Waals surface area contributed by atoms with E-state index in [1.165, 1.54) is 25.7 Å². The molecule has 2 amide bonds. The lowest BCUT2D eigenvalue weighted by molar-refractivity contribution is 0.230. The molecular formula is C17H24N2O2. The van der Waals surface area contributed by atoms with Crippen LogP contribution in [-0.2, 0) is 0 Å². The predicted molar refractivity (Wildman–Crippen MR) is 83.5 cm³/mol. The number of anilines is 1. The highest BCUT2D eigenvalue weighted by Gasteiger charge is 2.42. The molecule has 2 saturated carbocycles. The highest BCUT2D eigenvalue weighted by molar-refractivity contribution is 5.91. The molecule has 0 unspecified atom stereocenters. The molecular weight excluding hydrogens is 264 g/mol. The van der Waals surface area contributed by atoms with Gasteiger partial charge in [-0.3, -0.25) is 0 Å². The van der Waals surface area contributed by atoms with Crippen LogP contribution in [0.2, 0.25) is 0 Å². The number of carbonyl (C=O) groups excluding carboxylic acids is 1. The standard InChI is InChI=1S/C17H24N2O2/c1-11(14-10-12-7-8-13(14)9-12)18-17(20)19-15-5-3-4-6-16(15)21-2/h3-6,11-14H,7-10H2,1-2H3,(H2,18,19,20)/t11-,12-,13-,14-/m1/s1. The van der Waals surface area contributed by atoms with Gasteiger partial charge in [0, 0.05) is 6.04 Å². The van der Waals surface area contributed by atoms with Crippen molar-refractivity contribution in [2.75, 3.05) is 12.4 Å². The lowest BCUT2D eigenvalue weighted by Crippen LogP contribution is -2.42. The normalized spacial score (nSPS) is 28.2. The van der Waals surface area contributed by atoms with Gasteiger partial charge in [-0.05, 0) is 56.1 Å². The Labute approximate surface area is 126 Å². The van der Waals surface area contributed by atoms with Gasteiger partial charge < -0.3 is 15.4 Å². The maximum Gasteiger partial charge on any atom is 0.319 e. The first-order valence-corrected chi connectivity index (χ1v) is 7.88. The van der Waals surface area contributed by atoms with Gasteiger partial charge in [0.1, 0.15) is 5.75 Å². The van der Waals surface area contributed by atoms with Crippen molar-refractivity contribution >= 4 is 11.7 Å². The van der Waals surface area contributed by atoms with Crippen molar-refractivity contribution in [3.8, 4) is 5.75 Å². The molecule has 2 aliphatic carbocycles. The van der Waals surface area contributed by atoms with Gasteiger partial charge in [0.15, 0.2) is 0 Å². The third kappa shape index (κ3) is 2.99. The van der Waals surface area contributed by atoms with E-state index in [9.17, 15) is 4.79 Å². The Kier molecular flexibility index (Phi) is 4.04. The van der Waals surface area contributed by atoms with Crippen molar-refractivity contribution in [3.63, 3.8) is 0 Å². The van der Waals surface area contributed by atoms with E-state index < -0.39 is 0 Å². The maximum absolute atomic E-state index is 12.2. The van der Waals surface area contributed by atoms with Crippen LogP contribution in [-0.4, -0.2) is 19.2 Å². The zero-order valence-electron chi connectivity index (χ0n) is 12.8. The molecule has 4 atom stereocenters. The fourth-order valence-corrected chi connectivity index (χ4v) is 4.13. The van der Waals surface area contributed by atoms with Crippen LogP contribution >= 0.6 is 0 Å². The molecule has 0 aromatic heterocycles. The average Bonchev–Trinajstić information content (AvgIpc) is 3.10. The van der Waals surface area contributed by atoms with E-state index >= 15 is 0 Å². The number of methoxy groups -OCH3 is 1. The van der Waals surface area contributed by atoms with Crippen LogP contribution in [0, 0.1) is 17.8 Å². The molecule has 4 heteroatoms. The number of para-hydroxylation sites is 2. The quantitative estimate of drug-likeness (QED) is 0.888. The molecule has 0 heterocycles. The molecule has 4 nitrogen and oxygen atoms in total. The Morgan fingerprint density at radius 1 is 1.29 bits per heavy atom. The van der Waals surface area contributed by atoms with Crippen LogP contribution in [0.25, 0.3) is 0 Å². The van der Waals surface area contributed by atoms with E-state index in [-0.39, 0.29) is 12.1 Å². The highest BCUT2D eigenvalue weighted by atomic mass is 16.5. The molecule has 114 valence electrons. The Morgan fingerprint density at radius 2 is 2.10 bits per heavy atom. The summed E-state index contributed by atoms with van der Waals surface area (Å²) < 4.78 is 5.25. The molecule has 2 N–H and O–H groups in total. The molecule has 3 rings (SSSR count). The number of amides is 2. The van der Waals surface area contributed by atoms with Crippen LogP contribution in [0.1, 0.15) is 32.6 Å². The van der Waals surface area contributed by atoms with E-state index in [1.807, 2.05) is 24.3 Å². The van der Waals surface area contributed by atoms with Gasteiger partial charge in [-0.25, -0.2) is 4.79 Å². The number of benzene rings is 1. The summed E-state index contributed by atoms with van der Waals surface area (Å²) in [7, 11) is 1.61. The van der Waals surface area contributed by atoms with Crippen LogP contribution in [0.15, 0.2) is 24.3 Å². The number of rotatable bonds is 4. The van der Waals surface area contributed by atoms with E-state index in [1.54, 1.807) is 7.11 Å². The minimum absolute atomic E-state index is 0.144. The Balaban J connectivity index is 1.56. The summed E-state index contributed by atoms with van der Waals surface area (Å²) in [5.41, 5.74) is 0.706. The second kappa shape index (κ2) is 5.96. The van der Waals surface area contributed by atoms with Gasteiger partial charge in [-0.2, -0.15) is 0 Å². The molecule has 0 saturated heterocycles. The molecule has 2 bridgehead atoms. The molecule has 2 fully saturated rings. The number of hydrogen-bond donors (Lipinski definition) is 2. The lowest BCUT2D eigenvalue weighted by Gasteiger charge is -2.28. The Morgan fingerprint density at radius 3 is 2.76 bits per heavy atom. The minimum Gasteiger partial charge on any atom is -0.495 e. The van der Waals surface area contributed by atoms with E-state index in [2.05, 4.69) is 17.6 Å². The summed E-state index contributed by atoms with van der Waals surface area (Å²) in [6.45, 7) is 2.13. The van der Waals surface area contributed by atoms with Gasteiger partial charge in [-0.1, -0.05) is 18.6 Å². The molecule has 1 aromatic carbocycles. The SMILES string of the molecule is COc1ccccc1NC(=O)N[C@H](C)[C@H]1C[C@@H]2CC[C@@H]1C2. The van der Waals surface area contributed by atoms with Crippen LogP contribution < -0.4 is 15.4 Å². The topological polar surface area (TPSA) is 50.4 Å². The summed E-state index contributed by atoms with van der Waals surface area (Å²) in [6, 6.07) is 7.55. The highest BCUT2D eigenvalue weighted by Crippen LogP contribution is 2.49. The monoisotopic (exact) mass is 288 g/mol. The van der Waals surface area contributed by atoms with E-state index in [0.29, 0.717) is 17.4 Å². The van der Waals surface area contributed by atoms with Gasteiger partial charge in [0.05, 0.1) is 12.8 Å². The summed E-state index contributed by atoms with van der Waals surface area (Å²) in [6.07, 6.45) is 5.38. The zero-order chi connectivity index (χ0) is 14.8. The summed E-state index contributed by atoms with van der Waals surface area (Å²) in [5.74, 6) is 3.05. The first-order valence-electron chi connectivity index (χ1n) is 7.88. The van der Waals surface area contributed by atoms with Crippen molar-refractivity contribution in [2.24, 2.45) is 17.8 Å². The van der Waals surface area contributed by atoms with E-state index in [4.69, 9.17) is 4.74 Å². The third-order valence-electron chi connectivity index (χ3n) is 5.15. The molecule has 0 aliphatic heterocycles. The number of hydrogen-bond acceptors (Lipinski definition) is 2. The van der Waals surface area contributed by atoms with Crippen molar-refractivity contribution in [1.82, 2.24) is 5.32 Å². The number of carbonyl (C=O) groups is 1.